The Morgan fingerprint density at radius 2 is 2.17 bits per heavy atom. The number of rotatable bonds is 5. The van der Waals surface area contributed by atoms with Crippen molar-refractivity contribution in [1.82, 2.24) is 5.48 Å². The molecule has 0 radical (unpaired) electrons. The molecule has 1 aromatic carbocycles. The normalized spacial score (nSPS) is 20.8. The Morgan fingerprint density at radius 3 is 2.88 bits per heavy atom. The molecular weight excluding hydrogens is 340 g/mol. The number of amides is 1. The SMILES string of the molecule is NCc1cccc(-c2ccc([C@@]3(CC(=O)NO)CCCCS3)s2)c1. The average Bonchev–Trinajstić information content (AvgIpc) is 3.13. The first-order valence-electron chi connectivity index (χ1n) is 8.13. The van der Waals surface area contributed by atoms with E-state index in [4.69, 9.17) is 10.9 Å². The van der Waals surface area contributed by atoms with E-state index in [9.17, 15) is 4.79 Å². The van der Waals surface area contributed by atoms with Crippen LogP contribution < -0.4 is 11.2 Å². The summed E-state index contributed by atoms with van der Waals surface area (Å²) in [6.07, 6.45) is 3.58. The van der Waals surface area contributed by atoms with Crippen LogP contribution in [0.1, 0.15) is 36.1 Å². The molecule has 2 aromatic rings. The van der Waals surface area contributed by atoms with Gasteiger partial charge in [0, 0.05) is 22.7 Å². The lowest BCUT2D eigenvalue weighted by atomic mass is 9.94. The number of hydrogen-bond donors (Lipinski definition) is 3. The summed E-state index contributed by atoms with van der Waals surface area (Å²) < 4.78 is -0.223. The Balaban J connectivity index is 1.92. The van der Waals surface area contributed by atoms with Gasteiger partial charge in [-0.25, -0.2) is 5.48 Å². The van der Waals surface area contributed by atoms with Gasteiger partial charge in [0.25, 0.3) is 0 Å². The highest BCUT2D eigenvalue weighted by Gasteiger charge is 2.38. The maximum atomic E-state index is 11.8. The third-order valence-electron chi connectivity index (χ3n) is 4.43. The molecule has 4 nitrogen and oxygen atoms in total. The quantitative estimate of drug-likeness (QED) is 0.557. The molecular formula is C18H22N2O2S2. The van der Waals surface area contributed by atoms with Gasteiger partial charge in [0.1, 0.15) is 0 Å². The molecule has 0 aliphatic carbocycles. The van der Waals surface area contributed by atoms with Gasteiger partial charge in [-0.05, 0) is 47.9 Å². The predicted octanol–water partition coefficient (Wildman–Crippen LogP) is 3.88. The Labute approximate surface area is 150 Å². The van der Waals surface area contributed by atoms with Crippen LogP contribution in [0.5, 0.6) is 0 Å². The van der Waals surface area contributed by atoms with Crippen molar-refractivity contribution in [3.63, 3.8) is 0 Å². The predicted molar refractivity (Wildman–Crippen MR) is 100 cm³/mol. The number of thioether (sulfide) groups is 1. The van der Waals surface area contributed by atoms with Crippen molar-refractivity contribution in [3.05, 3.63) is 46.8 Å². The summed E-state index contributed by atoms with van der Waals surface area (Å²) in [5, 5.41) is 8.95. The molecule has 3 rings (SSSR count). The fourth-order valence-electron chi connectivity index (χ4n) is 3.16. The summed E-state index contributed by atoms with van der Waals surface area (Å²) in [6.45, 7) is 0.530. The zero-order valence-corrected chi connectivity index (χ0v) is 15.1. The first-order chi connectivity index (χ1) is 11.7. The third-order valence-corrected chi connectivity index (χ3v) is 7.51. The van der Waals surface area contributed by atoms with Crippen molar-refractivity contribution in [2.24, 2.45) is 5.73 Å². The van der Waals surface area contributed by atoms with E-state index in [0.717, 1.165) is 29.7 Å². The minimum Gasteiger partial charge on any atom is -0.326 e. The van der Waals surface area contributed by atoms with Crippen molar-refractivity contribution in [2.45, 2.75) is 37.0 Å². The lowest BCUT2D eigenvalue weighted by Gasteiger charge is -2.35. The number of carbonyl (C=O) groups excluding carboxylic acids is 1. The minimum absolute atomic E-state index is 0.223. The minimum atomic E-state index is -0.315. The van der Waals surface area contributed by atoms with Gasteiger partial charge in [-0.15, -0.1) is 23.1 Å². The zero-order valence-electron chi connectivity index (χ0n) is 13.5. The van der Waals surface area contributed by atoms with Crippen LogP contribution in [0.15, 0.2) is 36.4 Å². The number of hydroxylamine groups is 1. The van der Waals surface area contributed by atoms with Crippen LogP contribution in [0.3, 0.4) is 0 Å². The monoisotopic (exact) mass is 362 g/mol. The molecule has 0 saturated carbocycles. The van der Waals surface area contributed by atoms with Crippen molar-refractivity contribution < 1.29 is 10.0 Å². The first-order valence-corrected chi connectivity index (χ1v) is 9.94. The zero-order chi connectivity index (χ0) is 17.0. The molecule has 1 fully saturated rings. The fourth-order valence-corrected chi connectivity index (χ4v) is 6.05. The summed E-state index contributed by atoms with van der Waals surface area (Å²) in [6, 6.07) is 12.5. The van der Waals surface area contributed by atoms with Crippen LogP contribution in [0, 0.1) is 0 Å². The summed E-state index contributed by atoms with van der Waals surface area (Å²) in [5.41, 5.74) is 9.82. The molecule has 128 valence electrons. The van der Waals surface area contributed by atoms with E-state index in [1.807, 2.05) is 23.9 Å². The van der Waals surface area contributed by atoms with Crippen molar-refractivity contribution in [3.8, 4) is 10.4 Å². The lowest BCUT2D eigenvalue weighted by Crippen LogP contribution is -2.32. The van der Waals surface area contributed by atoms with Crippen LogP contribution in [0.4, 0.5) is 0 Å². The van der Waals surface area contributed by atoms with Crippen molar-refractivity contribution in [1.29, 1.82) is 0 Å². The molecule has 1 aromatic heterocycles. The van der Waals surface area contributed by atoms with Gasteiger partial charge in [0.2, 0.25) is 5.91 Å². The van der Waals surface area contributed by atoms with Crippen LogP contribution in [-0.4, -0.2) is 16.9 Å². The van der Waals surface area contributed by atoms with Gasteiger partial charge in [-0.3, -0.25) is 10.0 Å². The van der Waals surface area contributed by atoms with E-state index in [1.165, 1.54) is 16.2 Å². The standard InChI is InChI=1S/C18H22N2O2S2/c19-12-13-4-3-5-14(10-13)15-6-7-16(24-15)18(11-17(21)20-22)8-1-2-9-23-18/h3-7,10,22H,1-2,8-9,11-12,19H2,(H,20,21)/t18-/m0/s1. The van der Waals surface area contributed by atoms with Crippen LogP contribution in [0.2, 0.25) is 0 Å². The average molecular weight is 363 g/mol. The van der Waals surface area contributed by atoms with E-state index in [-0.39, 0.29) is 10.7 Å². The van der Waals surface area contributed by atoms with Crippen molar-refractivity contribution in [2.75, 3.05) is 5.75 Å². The van der Waals surface area contributed by atoms with Gasteiger partial charge in [0.05, 0.1) is 4.75 Å². The second-order valence-corrected chi connectivity index (χ2v) is 8.64. The highest BCUT2D eigenvalue weighted by atomic mass is 32.2. The van der Waals surface area contributed by atoms with E-state index in [0.29, 0.717) is 13.0 Å². The molecule has 4 N–H and O–H groups in total. The van der Waals surface area contributed by atoms with E-state index in [2.05, 4.69) is 24.3 Å². The Kier molecular flexibility index (Phi) is 5.61. The lowest BCUT2D eigenvalue weighted by molar-refractivity contribution is -0.129. The molecule has 1 amide bonds. The summed E-state index contributed by atoms with van der Waals surface area (Å²) in [5.74, 6) is 0.735. The Bertz CT molecular complexity index is 709. The van der Waals surface area contributed by atoms with Gasteiger partial charge >= 0.3 is 0 Å². The highest BCUT2D eigenvalue weighted by Crippen LogP contribution is 2.50. The molecule has 0 bridgehead atoms. The number of thiophene rings is 1. The second-order valence-electron chi connectivity index (χ2n) is 6.08. The van der Waals surface area contributed by atoms with Gasteiger partial charge in [-0.2, -0.15) is 0 Å². The van der Waals surface area contributed by atoms with E-state index in [1.54, 1.807) is 16.8 Å². The van der Waals surface area contributed by atoms with Crippen LogP contribution >= 0.6 is 23.1 Å². The molecule has 0 spiro atoms. The molecule has 0 unspecified atom stereocenters. The topological polar surface area (TPSA) is 75.4 Å². The van der Waals surface area contributed by atoms with E-state index < -0.39 is 0 Å². The number of benzene rings is 1. The Hall–Kier alpha value is -1.34. The molecule has 6 heteroatoms. The summed E-state index contributed by atoms with van der Waals surface area (Å²) >= 11 is 3.58. The van der Waals surface area contributed by atoms with Gasteiger partial charge in [0.15, 0.2) is 0 Å². The third kappa shape index (κ3) is 3.67. The van der Waals surface area contributed by atoms with Gasteiger partial charge < -0.3 is 5.73 Å². The fraction of sp³-hybridized carbons (Fsp3) is 0.389. The maximum absolute atomic E-state index is 11.8. The molecule has 24 heavy (non-hydrogen) atoms. The number of hydrogen-bond acceptors (Lipinski definition) is 5. The van der Waals surface area contributed by atoms with E-state index >= 15 is 0 Å². The number of nitrogens with two attached hydrogens (primary N) is 1. The molecule has 1 atom stereocenters. The summed E-state index contributed by atoms with van der Waals surface area (Å²) in [7, 11) is 0. The second kappa shape index (κ2) is 7.70. The van der Waals surface area contributed by atoms with Gasteiger partial charge in [-0.1, -0.05) is 24.6 Å². The largest absolute Gasteiger partial charge is 0.326 e. The summed E-state index contributed by atoms with van der Waals surface area (Å²) in [4.78, 5) is 14.2. The number of carbonyl (C=O) groups is 1. The highest BCUT2D eigenvalue weighted by molar-refractivity contribution is 8.00. The molecule has 1 aliphatic rings. The maximum Gasteiger partial charge on any atom is 0.245 e. The number of nitrogens with one attached hydrogen (secondary N) is 1. The van der Waals surface area contributed by atoms with Crippen LogP contribution in [-0.2, 0) is 16.1 Å². The van der Waals surface area contributed by atoms with Crippen molar-refractivity contribution >= 4 is 29.0 Å². The molecule has 1 aliphatic heterocycles. The van der Waals surface area contributed by atoms with Crippen LogP contribution in [0.25, 0.3) is 10.4 Å². The smallest absolute Gasteiger partial charge is 0.245 e. The molecule has 1 saturated heterocycles. The molecule has 2 heterocycles. The first kappa shape index (κ1) is 17.5. The Morgan fingerprint density at radius 1 is 1.29 bits per heavy atom.